The van der Waals surface area contributed by atoms with Crippen LogP contribution in [-0.2, 0) is 28.7 Å². The van der Waals surface area contributed by atoms with Gasteiger partial charge in [0.15, 0.2) is 12.2 Å². The molecule has 9 N–H and O–H groups in total. The summed E-state index contributed by atoms with van der Waals surface area (Å²) in [6.07, 6.45) is -4.37. The lowest BCUT2D eigenvalue weighted by Gasteiger charge is -2.30. The minimum absolute atomic E-state index is 0.0183. The van der Waals surface area contributed by atoms with Crippen molar-refractivity contribution in [2.75, 3.05) is 13.2 Å². The predicted octanol–water partition coefficient (Wildman–Crippen LogP) is -2.65. The quantitative estimate of drug-likeness (QED) is 0.131. The fourth-order valence-electron chi connectivity index (χ4n) is 2.32. The molecule has 0 aromatic heterocycles. The summed E-state index contributed by atoms with van der Waals surface area (Å²) in [5, 5.41) is 74.7. The standard InChI is InChI=1S/2C8H14O6.BH3O3/c2*1-3-8(7(12)13,14-4-2)5(9)6(10)11;2-1(3)4/h2*5,9H,3-4H2,1-2H3,(H,10,11)(H,12,13);2-4H/t2*5?,8-;/m00./s1. The van der Waals surface area contributed by atoms with Gasteiger partial charge in [-0.3, -0.25) is 0 Å². The molecule has 0 spiro atoms. The summed E-state index contributed by atoms with van der Waals surface area (Å²) >= 11 is 0. The number of hydrogen-bond acceptors (Lipinski definition) is 11. The van der Waals surface area contributed by atoms with Gasteiger partial charge in [0.05, 0.1) is 0 Å². The van der Waals surface area contributed by atoms with Crippen molar-refractivity contribution in [3.63, 3.8) is 0 Å². The van der Waals surface area contributed by atoms with E-state index in [-0.39, 0.29) is 26.1 Å². The van der Waals surface area contributed by atoms with Crippen molar-refractivity contribution in [1.29, 1.82) is 0 Å². The Morgan fingerprint density at radius 1 is 0.688 bits per heavy atom. The Labute approximate surface area is 183 Å². The Kier molecular flexibility index (Phi) is 17.5. The van der Waals surface area contributed by atoms with Gasteiger partial charge in [-0.05, 0) is 26.7 Å². The van der Waals surface area contributed by atoms with Gasteiger partial charge in [-0.1, -0.05) is 13.8 Å². The molecule has 16 heteroatoms. The third kappa shape index (κ3) is 10.3. The van der Waals surface area contributed by atoms with Crippen LogP contribution in [0.15, 0.2) is 0 Å². The summed E-state index contributed by atoms with van der Waals surface area (Å²) in [5.74, 6) is -6.17. The lowest BCUT2D eigenvalue weighted by molar-refractivity contribution is -0.193. The number of hydrogen-bond donors (Lipinski definition) is 9. The molecule has 0 aliphatic carbocycles. The molecule has 4 atom stereocenters. The maximum absolute atomic E-state index is 10.8. The molecule has 0 aromatic carbocycles. The lowest BCUT2D eigenvalue weighted by Crippen LogP contribution is -2.54. The number of carboxylic acids is 4. The molecule has 0 aromatic rings. The van der Waals surface area contributed by atoms with E-state index in [1.165, 1.54) is 27.7 Å². The van der Waals surface area contributed by atoms with Crippen molar-refractivity contribution >= 4 is 31.2 Å². The van der Waals surface area contributed by atoms with Gasteiger partial charge in [-0.25, -0.2) is 19.2 Å². The van der Waals surface area contributed by atoms with Crippen LogP contribution in [0.3, 0.4) is 0 Å². The van der Waals surface area contributed by atoms with E-state index in [1.54, 1.807) is 0 Å². The van der Waals surface area contributed by atoms with Crippen molar-refractivity contribution in [3.8, 4) is 0 Å². The molecule has 2 unspecified atom stereocenters. The van der Waals surface area contributed by atoms with E-state index in [9.17, 15) is 29.4 Å². The molecular formula is C16H31BO15. The number of aliphatic hydroxyl groups excluding tert-OH is 2. The van der Waals surface area contributed by atoms with Gasteiger partial charge in [0.2, 0.25) is 11.2 Å². The first kappa shape index (κ1) is 34.3. The molecule has 0 saturated carbocycles. The van der Waals surface area contributed by atoms with Crippen molar-refractivity contribution in [3.05, 3.63) is 0 Å². The van der Waals surface area contributed by atoms with Crippen molar-refractivity contribution in [2.24, 2.45) is 0 Å². The topological polar surface area (TPSA) is 269 Å². The van der Waals surface area contributed by atoms with Gasteiger partial charge in [-0.2, -0.15) is 0 Å². The molecule has 0 bridgehead atoms. The highest BCUT2D eigenvalue weighted by atomic mass is 16.6. The number of ether oxygens (including phenoxy) is 2. The minimum Gasteiger partial charge on any atom is -0.479 e. The molecular weight excluding hydrogens is 443 g/mol. The van der Waals surface area contributed by atoms with Crippen LogP contribution >= 0.6 is 0 Å². The molecule has 32 heavy (non-hydrogen) atoms. The van der Waals surface area contributed by atoms with Crippen LogP contribution in [0, 0.1) is 0 Å². The number of aliphatic hydroxyl groups is 2. The summed E-state index contributed by atoms with van der Waals surface area (Å²) in [6.45, 7) is 5.98. The van der Waals surface area contributed by atoms with Gasteiger partial charge in [0, 0.05) is 13.2 Å². The lowest BCUT2D eigenvalue weighted by atomic mass is 9.93. The largest absolute Gasteiger partial charge is 0.631 e. The Morgan fingerprint density at radius 3 is 1.00 bits per heavy atom. The second-order valence-electron chi connectivity index (χ2n) is 5.79. The molecule has 0 aliphatic heterocycles. The molecule has 0 aliphatic rings. The van der Waals surface area contributed by atoms with Crippen LogP contribution < -0.4 is 0 Å². The Hall–Kier alpha value is -2.34. The molecule has 0 amide bonds. The summed E-state index contributed by atoms with van der Waals surface area (Å²) in [6, 6.07) is 0. The SMILES string of the molecule is CCO[C@](CC)(C(=O)O)C(O)C(=O)O.CCO[C@](CC)(C(=O)O)C(O)C(=O)O.OB(O)O. The highest BCUT2D eigenvalue weighted by Gasteiger charge is 2.49. The zero-order valence-corrected chi connectivity index (χ0v) is 18.0. The van der Waals surface area contributed by atoms with Gasteiger partial charge in [0.25, 0.3) is 0 Å². The van der Waals surface area contributed by atoms with Crippen LogP contribution in [0.5, 0.6) is 0 Å². The van der Waals surface area contributed by atoms with E-state index in [1.807, 2.05) is 0 Å². The van der Waals surface area contributed by atoms with E-state index in [0.29, 0.717) is 0 Å². The van der Waals surface area contributed by atoms with E-state index < -0.39 is 54.6 Å². The van der Waals surface area contributed by atoms with E-state index in [2.05, 4.69) is 0 Å². The fourth-order valence-corrected chi connectivity index (χ4v) is 2.32. The predicted molar refractivity (Wildman–Crippen MR) is 104 cm³/mol. The van der Waals surface area contributed by atoms with Crippen molar-refractivity contribution in [1.82, 2.24) is 0 Å². The first-order valence-electron chi connectivity index (χ1n) is 9.18. The van der Waals surface area contributed by atoms with Crippen LogP contribution in [0.1, 0.15) is 40.5 Å². The smallest absolute Gasteiger partial charge is 0.479 e. The summed E-state index contributed by atoms with van der Waals surface area (Å²) in [5.41, 5.74) is -4.11. The first-order chi connectivity index (χ1) is 14.6. The Bertz CT molecular complexity index is 547. The maximum Gasteiger partial charge on any atom is 0.631 e. The average Bonchev–Trinajstić information content (AvgIpc) is 2.68. The molecule has 188 valence electrons. The second-order valence-corrected chi connectivity index (χ2v) is 5.79. The number of rotatable bonds is 12. The van der Waals surface area contributed by atoms with Gasteiger partial charge in [-0.15, -0.1) is 0 Å². The van der Waals surface area contributed by atoms with Gasteiger partial charge < -0.3 is 55.2 Å². The van der Waals surface area contributed by atoms with Crippen LogP contribution in [0.4, 0.5) is 0 Å². The molecule has 15 nitrogen and oxygen atoms in total. The van der Waals surface area contributed by atoms with Crippen LogP contribution in [0.25, 0.3) is 0 Å². The summed E-state index contributed by atoms with van der Waals surface area (Å²) in [7, 11) is -2.17. The second kappa shape index (κ2) is 16.3. The van der Waals surface area contributed by atoms with Crippen LogP contribution in [-0.4, -0.2) is 114 Å². The zero-order valence-electron chi connectivity index (χ0n) is 18.0. The van der Waals surface area contributed by atoms with Crippen molar-refractivity contribution in [2.45, 2.75) is 63.9 Å². The van der Waals surface area contributed by atoms with Gasteiger partial charge in [0.1, 0.15) is 0 Å². The molecule has 0 radical (unpaired) electrons. The monoisotopic (exact) mass is 474 g/mol. The average molecular weight is 474 g/mol. The normalized spacial score (nSPS) is 15.8. The number of carboxylic acid groups (broad SMARTS) is 4. The summed E-state index contributed by atoms with van der Waals surface area (Å²) in [4.78, 5) is 42.7. The molecule has 0 fully saturated rings. The maximum atomic E-state index is 10.8. The third-order valence-electron chi connectivity index (χ3n) is 3.93. The highest BCUT2D eigenvalue weighted by molar-refractivity contribution is 6.30. The van der Waals surface area contributed by atoms with Crippen LogP contribution in [0.2, 0.25) is 0 Å². The van der Waals surface area contributed by atoms with E-state index >= 15 is 0 Å². The van der Waals surface area contributed by atoms with Gasteiger partial charge >= 0.3 is 31.2 Å². The summed E-state index contributed by atoms with van der Waals surface area (Å²) < 4.78 is 9.67. The molecule has 0 heterocycles. The number of aliphatic carboxylic acids is 4. The minimum atomic E-state index is -2.17. The first-order valence-corrected chi connectivity index (χ1v) is 9.18. The number of carbonyl (C=O) groups is 4. The molecule has 0 rings (SSSR count). The molecule has 0 saturated heterocycles. The Morgan fingerprint density at radius 2 is 0.906 bits per heavy atom. The van der Waals surface area contributed by atoms with Crippen molar-refractivity contribution < 1.29 is 74.4 Å². The van der Waals surface area contributed by atoms with E-state index in [0.717, 1.165) is 0 Å². The highest BCUT2D eigenvalue weighted by Crippen LogP contribution is 2.22. The third-order valence-corrected chi connectivity index (χ3v) is 3.93. The zero-order chi connectivity index (χ0) is 26.3. The van der Waals surface area contributed by atoms with E-state index in [4.69, 9.17) is 45.0 Å². The fraction of sp³-hybridized carbons (Fsp3) is 0.750. The Balaban J connectivity index is -0.000000450.